The smallest absolute Gasteiger partial charge is 0.351 e. The van der Waals surface area contributed by atoms with E-state index in [2.05, 4.69) is 10.6 Å². The van der Waals surface area contributed by atoms with Gasteiger partial charge in [-0.2, -0.15) is 0 Å². The molecule has 4 heteroatoms. The molecule has 0 aromatic heterocycles. The molecule has 0 spiro atoms. The number of para-hydroxylation sites is 1. The van der Waals surface area contributed by atoms with Gasteiger partial charge in [0.2, 0.25) is 0 Å². The third kappa shape index (κ3) is 1.26. The van der Waals surface area contributed by atoms with Crippen molar-refractivity contribution in [3.8, 4) is 0 Å². The molecule has 4 nitrogen and oxygen atoms in total. The first kappa shape index (κ1) is 9.27. The minimum atomic E-state index is -0.886. The van der Waals surface area contributed by atoms with Crippen molar-refractivity contribution in [2.24, 2.45) is 0 Å². The van der Waals surface area contributed by atoms with E-state index in [-0.39, 0.29) is 12.0 Å². The molecule has 0 amide bonds. The van der Waals surface area contributed by atoms with Crippen LogP contribution in [-0.2, 0) is 4.79 Å². The zero-order valence-corrected chi connectivity index (χ0v) is 8.60. The number of carboxylic acids is 1. The molecule has 2 heterocycles. The van der Waals surface area contributed by atoms with E-state index < -0.39 is 5.97 Å². The summed E-state index contributed by atoms with van der Waals surface area (Å²) in [5.41, 5.74) is 2.61. The number of nitrogens with one attached hydrogen (secondary N) is 2. The van der Waals surface area contributed by atoms with Crippen LogP contribution in [0.15, 0.2) is 36.0 Å². The average Bonchev–Trinajstić information content (AvgIpc) is 2.66. The molecule has 2 unspecified atom stereocenters. The van der Waals surface area contributed by atoms with Crippen molar-refractivity contribution in [3.63, 3.8) is 0 Å². The van der Waals surface area contributed by atoms with Crippen LogP contribution in [0.1, 0.15) is 11.5 Å². The minimum Gasteiger partial charge on any atom is -0.477 e. The number of fused-ring (bicyclic) bond motifs is 3. The van der Waals surface area contributed by atoms with Crippen molar-refractivity contribution in [2.45, 2.75) is 12.0 Å². The topological polar surface area (TPSA) is 61.4 Å². The number of hydrogen-bond acceptors (Lipinski definition) is 3. The van der Waals surface area contributed by atoms with Gasteiger partial charge in [-0.15, -0.1) is 0 Å². The van der Waals surface area contributed by atoms with Crippen molar-refractivity contribution in [2.75, 3.05) is 11.9 Å². The van der Waals surface area contributed by atoms with Crippen LogP contribution in [0.4, 0.5) is 5.69 Å². The second-order valence-electron chi connectivity index (χ2n) is 4.13. The summed E-state index contributed by atoms with van der Waals surface area (Å²) in [5, 5.41) is 15.3. The molecule has 16 heavy (non-hydrogen) atoms. The Bertz CT molecular complexity index is 482. The molecule has 2 aliphatic heterocycles. The first-order valence-electron chi connectivity index (χ1n) is 5.30. The van der Waals surface area contributed by atoms with Crippen LogP contribution in [0.3, 0.4) is 0 Å². The summed E-state index contributed by atoms with van der Waals surface area (Å²) in [4.78, 5) is 10.9. The molecular formula is C12H12N2O2. The van der Waals surface area contributed by atoms with Gasteiger partial charge in [0.15, 0.2) is 0 Å². The van der Waals surface area contributed by atoms with Gasteiger partial charge in [-0.25, -0.2) is 4.79 Å². The molecule has 1 aromatic carbocycles. The van der Waals surface area contributed by atoms with E-state index in [1.807, 2.05) is 24.3 Å². The summed E-state index contributed by atoms with van der Waals surface area (Å²) < 4.78 is 0. The van der Waals surface area contributed by atoms with Gasteiger partial charge in [0.1, 0.15) is 5.70 Å². The number of carboxylic acid groups (broad SMARTS) is 1. The summed E-state index contributed by atoms with van der Waals surface area (Å²) in [6.45, 7) is 0.650. The highest BCUT2D eigenvalue weighted by atomic mass is 16.4. The van der Waals surface area contributed by atoms with Crippen LogP contribution in [0.25, 0.3) is 0 Å². The molecule has 0 radical (unpaired) electrons. The largest absolute Gasteiger partial charge is 0.477 e. The lowest BCUT2D eigenvalue weighted by atomic mass is 9.91. The molecule has 2 aliphatic rings. The Hall–Kier alpha value is -1.97. The molecule has 0 fully saturated rings. The van der Waals surface area contributed by atoms with E-state index in [1.165, 1.54) is 5.56 Å². The van der Waals surface area contributed by atoms with Gasteiger partial charge in [-0.1, -0.05) is 18.2 Å². The van der Waals surface area contributed by atoms with Crippen LogP contribution >= 0.6 is 0 Å². The van der Waals surface area contributed by atoms with Crippen LogP contribution in [-0.4, -0.2) is 23.7 Å². The van der Waals surface area contributed by atoms with Gasteiger partial charge in [-0.3, -0.25) is 0 Å². The van der Waals surface area contributed by atoms with Gasteiger partial charge in [0.05, 0.1) is 6.04 Å². The quantitative estimate of drug-likeness (QED) is 0.658. The molecule has 0 saturated heterocycles. The van der Waals surface area contributed by atoms with Crippen molar-refractivity contribution in [1.82, 2.24) is 5.32 Å². The van der Waals surface area contributed by atoms with Crippen molar-refractivity contribution >= 4 is 11.7 Å². The lowest BCUT2D eigenvalue weighted by molar-refractivity contribution is -0.133. The monoisotopic (exact) mass is 216 g/mol. The molecule has 3 rings (SSSR count). The molecule has 0 aliphatic carbocycles. The number of aliphatic carboxylic acids is 1. The Balaban J connectivity index is 2.02. The van der Waals surface area contributed by atoms with E-state index in [1.54, 1.807) is 6.08 Å². The molecule has 82 valence electrons. The van der Waals surface area contributed by atoms with Crippen molar-refractivity contribution in [1.29, 1.82) is 0 Å². The highest BCUT2D eigenvalue weighted by Gasteiger charge is 2.34. The number of hydrogen-bond donors (Lipinski definition) is 3. The van der Waals surface area contributed by atoms with E-state index in [4.69, 9.17) is 5.11 Å². The first-order valence-corrected chi connectivity index (χ1v) is 5.30. The fourth-order valence-corrected chi connectivity index (χ4v) is 2.41. The molecule has 2 atom stereocenters. The highest BCUT2D eigenvalue weighted by molar-refractivity contribution is 5.86. The van der Waals surface area contributed by atoms with Crippen LogP contribution in [0.5, 0.6) is 0 Å². The predicted octanol–water partition coefficient (Wildman–Crippen LogP) is 1.14. The second kappa shape index (κ2) is 3.27. The van der Waals surface area contributed by atoms with Gasteiger partial charge in [0, 0.05) is 18.2 Å². The average molecular weight is 216 g/mol. The zero-order chi connectivity index (χ0) is 11.1. The normalized spacial score (nSPS) is 25.9. The van der Waals surface area contributed by atoms with E-state index in [0.29, 0.717) is 12.2 Å². The number of carbonyl (C=O) groups is 1. The fourth-order valence-electron chi connectivity index (χ4n) is 2.41. The van der Waals surface area contributed by atoms with Gasteiger partial charge >= 0.3 is 5.97 Å². The Kier molecular flexibility index (Phi) is 1.89. The number of rotatable bonds is 1. The maximum atomic E-state index is 10.9. The Morgan fingerprint density at radius 2 is 2.19 bits per heavy atom. The van der Waals surface area contributed by atoms with Gasteiger partial charge in [-0.05, 0) is 17.7 Å². The molecule has 0 saturated carbocycles. The summed E-state index contributed by atoms with van der Waals surface area (Å²) in [5.74, 6) is -0.716. The second-order valence-corrected chi connectivity index (χ2v) is 4.13. The first-order chi connectivity index (χ1) is 7.75. The van der Waals surface area contributed by atoms with E-state index in [0.717, 1.165) is 5.69 Å². The Morgan fingerprint density at radius 3 is 3.00 bits per heavy atom. The number of benzene rings is 1. The molecular weight excluding hydrogens is 204 g/mol. The van der Waals surface area contributed by atoms with Crippen molar-refractivity contribution < 1.29 is 9.90 Å². The Morgan fingerprint density at radius 1 is 1.38 bits per heavy atom. The maximum absolute atomic E-state index is 10.9. The summed E-state index contributed by atoms with van der Waals surface area (Å²) in [6.07, 6.45) is 1.80. The standard InChI is InChI=1S/C12H12N2O2/c15-12(16)10-5-8-7-3-1-2-4-9(7)14-11(8)6-13-10/h1-5,8,11,13-14H,6H2,(H,15,16). The van der Waals surface area contributed by atoms with E-state index in [9.17, 15) is 4.79 Å². The Labute approximate surface area is 93.0 Å². The van der Waals surface area contributed by atoms with Crippen LogP contribution in [0, 0.1) is 0 Å². The maximum Gasteiger partial charge on any atom is 0.351 e. The third-order valence-electron chi connectivity index (χ3n) is 3.18. The minimum absolute atomic E-state index is 0.170. The van der Waals surface area contributed by atoms with Gasteiger partial charge in [0.25, 0.3) is 0 Å². The predicted molar refractivity (Wildman–Crippen MR) is 60.3 cm³/mol. The zero-order valence-electron chi connectivity index (χ0n) is 8.60. The SMILES string of the molecule is O=C(O)C1=CC2c3ccccc3NC2CN1. The molecule has 0 bridgehead atoms. The number of anilines is 1. The lowest BCUT2D eigenvalue weighted by Crippen LogP contribution is -2.39. The third-order valence-corrected chi connectivity index (χ3v) is 3.18. The summed E-state index contributed by atoms with van der Waals surface area (Å²) in [7, 11) is 0. The lowest BCUT2D eigenvalue weighted by Gasteiger charge is -2.24. The fraction of sp³-hybridized carbons (Fsp3) is 0.250. The van der Waals surface area contributed by atoms with Gasteiger partial charge < -0.3 is 15.7 Å². The molecule has 1 aromatic rings. The summed E-state index contributed by atoms with van der Waals surface area (Å²) in [6, 6.07) is 8.31. The van der Waals surface area contributed by atoms with E-state index >= 15 is 0 Å². The van der Waals surface area contributed by atoms with Crippen LogP contribution in [0.2, 0.25) is 0 Å². The molecule has 3 N–H and O–H groups in total. The van der Waals surface area contributed by atoms with Crippen molar-refractivity contribution in [3.05, 3.63) is 41.6 Å². The van der Waals surface area contributed by atoms with Crippen LogP contribution < -0.4 is 10.6 Å². The highest BCUT2D eigenvalue weighted by Crippen LogP contribution is 2.38. The summed E-state index contributed by atoms with van der Waals surface area (Å²) >= 11 is 0.